The molecule has 1 heterocycles. The summed E-state index contributed by atoms with van der Waals surface area (Å²) in [5.74, 6) is 0.277. The number of halogens is 1. The van der Waals surface area contributed by atoms with Crippen LogP contribution in [0.15, 0.2) is 77.7 Å². The first kappa shape index (κ1) is 22.9. The molecule has 0 spiro atoms. The number of aromatic nitrogens is 2. The number of aryl methyl sites for hydroxylation is 1. The Bertz CT molecular complexity index is 1400. The largest absolute Gasteiger partial charge is 0.497 e. The molecule has 4 rings (SSSR count). The Balaban J connectivity index is 1.77. The molecule has 0 fully saturated rings. The van der Waals surface area contributed by atoms with Crippen LogP contribution in [0.4, 0.5) is 11.4 Å². The Morgan fingerprint density at radius 1 is 1.03 bits per heavy atom. The van der Waals surface area contributed by atoms with E-state index in [2.05, 4.69) is 10.4 Å². The zero-order valence-electron chi connectivity index (χ0n) is 18.3. The minimum absolute atomic E-state index is 0.126. The first-order chi connectivity index (χ1) is 16.4. The topological polar surface area (TPSA) is 103 Å². The van der Waals surface area contributed by atoms with Crippen molar-refractivity contribution in [3.63, 3.8) is 0 Å². The molecule has 3 aromatic carbocycles. The Hall–Kier alpha value is -4.30. The predicted octanol–water partition coefficient (Wildman–Crippen LogP) is 5.44. The number of hydrogen-bond donors (Lipinski definition) is 2. The van der Waals surface area contributed by atoms with Crippen molar-refractivity contribution in [1.82, 2.24) is 9.78 Å². The highest BCUT2D eigenvalue weighted by Crippen LogP contribution is 2.31. The predicted molar refractivity (Wildman–Crippen MR) is 129 cm³/mol. The first-order valence-corrected chi connectivity index (χ1v) is 10.5. The van der Waals surface area contributed by atoms with Gasteiger partial charge in [0, 0.05) is 10.7 Å². The second kappa shape index (κ2) is 9.68. The summed E-state index contributed by atoms with van der Waals surface area (Å²) in [6.07, 6.45) is 1.43. The Labute approximate surface area is 200 Å². The van der Waals surface area contributed by atoms with Crippen LogP contribution in [0.25, 0.3) is 5.69 Å². The summed E-state index contributed by atoms with van der Waals surface area (Å²) in [4.78, 5) is 24.6. The van der Waals surface area contributed by atoms with Gasteiger partial charge in [0.2, 0.25) is 0 Å². The summed E-state index contributed by atoms with van der Waals surface area (Å²) >= 11 is 6.11. The smallest absolute Gasteiger partial charge is 0.335 e. The zero-order valence-corrected chi connectivity index (χ0v) is 19.0. The van der Waals surface area contributed by atoms with E-state index in [1.165, 1.54) is 23.0 Å². The first-order valence-electron chi connectivity index (χ1n) is 10.2. The number of ether oxygens (including phenoxy) is 2. The average molecular weight is 478 g/mol. The van der Waals surface area contributed by atoms with E-state index in [-0.39, 0.29) is 17.0 Å². The molecule has 0 saturated heterocycles. The van der Waals surface area contributed by atoms with Gasteiger partial charge in [-0.2, -0.15) is 9.78 Å². The number of nitrogens with zero attached hydrogens (tertiary/aromatic N) is 2. The summed E-state index contributed by atoms with van der Waals surface area (Å²) in [6, 6.07) is 18.0. The molecule has 2 N–H and O–H groups in total. The Morgan fingerprint density at radius 2 is 1.71 bits per heavy atom. The highest BCUT2D eigenvalue weighted by molar-refractivity contribution is 6.31. The second-order valence-corrected chi connectivity index (χ2v) is 7.73. The molecular weight excluding hydrogens is 458 g/mol. The molecule has 34 heavy (non-hydrogen) atoms. The minimum atomic E-state index is -1.04. The molecule has 0 amide bonds. The summed E-state index contributed by atoms with van der Waals surface area (Å²) in [7, 11) is 1.56. The number of aromatic carboxylic acids is 1. The third-order valence-corrected chi connectivity index (χ3v) is 5.44. The lowest BCUT2D eigenvalue weighted by Gasteiger charge is -2.15. The van der Waals surface area contributed by atoms with Crippen molar-refractivity contribution in [2.45, 2.75) is 6.92 Å². The van der Waals surface area contributed by atoms with Crippen LogP contribution in [0.2, 0.25) is 5.02 Å². The van der Waals surface area contributed by atoms with Gasteiger partial charge >= 0.3 is 5.97 Å². The van der Waals surface area contributed by atoms with Crippen LogP contribution >= 0.6 is 11.6 Å². The van der Waals surface area contributed by atoms with Crippen molar-refractivity contribution in [1.29, 1.82) is 0 Å². The number of nitrogens with one attached hydrogen (secondary N) is 1. The number of carboxylic acids is 1. The van der Waals surface area contributed by atoms with Crippen LogP contribution in [0.1, 0.15) is 15.9 Å². The van der Waals surface area contributed by atoms with Crippen LogP contribution in [-0.4, -0.2) is 28.0 Å². The van der Waals surface area contributed by atoms with Gasteiger partial charge in [0.1, 0.15) is 11.5 Å². The molecule has 9 heteroatoms. The van der Waals surface area contributed by atoms with Crippen molar-refractivity contribution >= 4 is 28.9 Å². The maximum absolute atomic E-state index is 13.4. The van der Waals surface area contributed by atoms with E-state index in [0.29, 0.717) is 27.9 Å². The van der Waals surface area contributed by atoms with Gasteiger partial charge in [-0.15, -0.1) is 0 Å². The van der Waals surface area contributed by atoms with E-state index in [0.717, 1.165) is 5.56 Å². The van der Waals surface area contributed by atoms with Gasteiger partial charge in [-0.25, -0.2) is 4.79 Å². The lowest BCUT2D eigenvalue weighted by molar-refractivity contribution is 0.0697. The summed E-state index contributed by atoms with van der Waals surface area (Å²) < 4.78 is 12.4. The van der Waals surface area contributed by atoms with Crippen LogP contribution in [0.3, 0.4) is 0 Å². The van der Waals surface area contributed by atoms with Crippen molar-refractivity contribution in [2.75, 3.05) is 12.4 Å². The Morgan fingerprint density at radius 3 is 2.32 bits per heavy atom. The monoisotopic (exact) mass is 477 g/mol. The molecule has 0 saturated carbocycles. The number of carbonyl (C=O) groups is 1. The number of carboxylic acid groups (broad SMARTS) is 1. The molecular formula is C25H20ClN3O5. The fourth-order valence-corrected chi connectivity index (χ4v) is 3.30. The van der Waals surface area contributed by atoms with Crippen molar-refractivity contribution in [3.8, 4) is 22.9 Å². The highest BCUT2D eigenvalue weighted by atomic mass is 35.5. The second-order valence-electron chi connectivity index (χ2n) is 7.32. The fourth-order valence-electron chi connectivity index (χ4n) is 3.19. The van der Waals surface area contributed by atoms with Crippen molar-refractivity contribution in [3.05, 3.63) is 99.4 Å². The molecule has 0 unspecified atom stereocenters. The molecule has 172 valence electrons. The minimum Gasteiger partial charge on any atom is -0.497 e. The average Bonchev–Trinajstić information content (AvgIpc) is 2.84. The maximum Gasteiger partial charge on any atom is 0.335 e. The van der Waals surface area contributed by atoms with Gasteiger partial charge in [-0.05, 0) is 79.2 Å². The van der Waals surface area contributed by atoms with E-state index in [1.54, 1.807) is 61.7 Å². The number of hydrogen-bond acceptors (Lipinski definition) is 6. The van der Waals surface area contributed by atoms with E-state index < -0.39 is 11.5 Å². The molecule has 0 aliphatic carbocycles. The van der Waals surface area contributed by atoms with Crippen LogP contribution < -0.4 is 20.3 Å². The molecule has 8 nitrogen and oxygen atoms in total. The maximum atomic E-state index is 13.4. The fraction of sp³-hybridized carbons (Fsp3) is 0.0800. The molecule has 1 aromatic heterocycles. The van der Waals surface area contributed by atoms with Gasteiger partial charge in [0.05, 0.1) is 24.6 Å². The van der Waals surface area contributed by atoms with Gasteiger partial charge in [-0.1, -0.05) is 11.6 Å². The molecule has 0 radical (unpaired) electrons. The normalized spacial score (nSPS) is 10.6. The lowest BCUT2D eigenvalue weighted by atomic mass is 10.2. The van der Waals surface area contributed by atoms with E-state index in [1.807, 2.05) is 6.92 Å². The van der Waals surface area contributed by atoms with E-state index in [4.69, 9.17) is 26.2 Å². The molecule has 0 aliphatic heterocycles. The summed E-state index contributed by atoms with van der Waals surface area (Å²) in [6.45, 7) is 1.85. The van der Waals surface area contributed by atoms with Crippen LogP contribution in [0.5, 0.6) is 17.2 Å². The van der Waals surface area contributed by atoms with Crippen LogP contribution in [-0.2, 0) is 0 Å². The molecule has 4 aromatic rings. The number of benzene rings is 3. The van der Waals surface area contributed by atoms with Gasteiger partial charge in [0.25, 0.3) is 5.56 Å². The summed E-state index contributed by atoms with van der Waals surface area (Å²) in [5, 5.41) is 17.1. The summed E-state index contributed by atoms with van der Waals surface area (Å²) in [5.41, 5.74) is 1.65. The lowest BCUT2D eigenvalue weighted by Crippen LogP contribution is -2.24. The highest BCUT2D eigenvalue weighted by Gasteiger charge is 2.16. The molecule has 0 aliphatic rings. The quantitative estimate of drug-likeness (QED) is 0.365. The zero-order chi connectivity index (χ0) is 24.2. The number of rotatable bonds is 7. The van der Waals surface area contributed by atoms with Crippen molar-refractivity contribution < 1.29 is 19.4 Å². The van der Waals surface area contributed by atoms with Gasteiger partial charge in [-0.3, -0.25) is 4.79 Å². The molecule has 0 atom stereocenters. The van der Waals surface area contributed by atoms with Gasteiger partial charge in [0.15, 0.2) is 11.4 Å². The SMILES string of the molecule is COc1ccc(-n2ncc(Oc3ccc(Cl)c(C)c3)c(Nc3ccc(C(=O)O)cc3)c2=O)cc1. The third kappa shape index (κ3) is 4.87. The number of anilines is 2. The number of methoxy groups -OCH3 is 1. The van der Waals surface area contributed by atoms with Crippen LogP contribution in [0, 0.1) is 6.92 Å². The van der Waals surface area contributed by atoms with Gasteiger partial charge < -0.3 is 19.9 Å². The third-order valence-electron chi connectivity index (χ3n) is 5.02. The standard InChI is InChI=1S/C25H20ClN3O5/c1-15-13-20(11-12-21(15)26)34-22-14-27-29(18-7-9-19(33-2)10-8-18)24(30)23(22)28-17-5-3-16(4-6-17)25(31)32/h3-14,28H,1-2H3,(H,31,32). The van der Waals surface area contributed by atoms with E-state index in [9.17, 15) is 9.59 Å². The molecule has 0 bridgehead atoms. The van der Waals surface area contributed by atoms with Crippen molar-refractivity contribution in [2.24, 2.45) is 0 Å². The van der Waals surface area contributed by atoms with E-state index >= 15 is 0 Å². The Kier molecular flexibility index (Phi) is 6.51.